The van der Waals surface area contributed by atoms with Crippen LogP contribution in [0.1, 0.15) is 12.0 Å². The molecule has 1 N–H and O–H groups in total. The summed E-state index contributed by atoms with van der Waals surface area (Å²) < 4.78 is 14.0. The summed E-state index contributed by atoms with van der Waals surface area (Å²) in [6.45, 7) is 0. The maximum absolute atomic E-state index is 13.3. The molecule has 4 heteroatoms. The van der Waals surface area contributed by atoms with Crippen LogP contribution in [-0.4, -0.2) is 11.1 Å². The van der Waals surface area contributed by atoms with Gasteiger partial charge in [0.15, 0.2) is 0 Å². The molecular formula is C11H10BrFO2. The Morgan fingerprint density at radius 3 is 2.87 bits per heavy atom. The number of benzene rings is 1. The molecular weight excluding hydrogens is 263 g/mol. The molecule has 0 saturated heterocycles. The molecule has 0 atom stereocenters. The van der Waals surface area contributed by atoms with Crippen LogP contribution in [-0.2, 0) is 11.2 Å². The third-order valence-electron chi connectivity index (χ3n) is 1.86. The zero-order valence-electron chi connectivity index (χ0n) is 7.91. The van der Waals surface area contributed by atoms with Gasteiger partial charge in [-0.2, -0.15) is 0 Å². The van der Waals surface area contributed by atoms with Crippen molar-refractivity contribution < 1.29 is 14.3 Å². The Morgan fingerprint density at radius 2 is 2.27 bits per heavy atom. The number of halogens is 2. The first kappa shape index (κ1) is 11.9. The summed E-state index contributed by atoms with van der Waals surface area (Å²) in [6, 6.07) is 4.85. The largest absolute Gasteiger partial charge is 0.478 e. The molecule has 1 aromatic carbocycles. The quantitative estimate of drug-likeness (QED) is 0.855. The van der Waals surface area contributed by atoms with Crippen molar-refractivity contribution in [2.45, 2.75) is 12.8 Å². The first-order valence-electron chi connectivity index (χ1n) is 4.43. The van der Waals surface area contributed by atoms with E-state index in [1.165, 1.54) is 12.1 Å². The molecule has 0 unspecified atom stereocenters. The highest BCUT2D eigenvalue weighted by atomic mass is 79.9. The SMILES string of the molecule is O=C(O)C=CCCc1ccc(Br)cc1F. The van der Waals surface area contributed by atoms with E-state index < -0.39 is 5.97 Å². The second-order valence-electron chi connectivity index (χ2n) is 3.02. The summed E-state index contributed by atoms with van der Waals surface area (Å²) in [5.74, 6) is -1.25. The standard InChI is InChI=1S/C11H10BrFO2/c12-9-6-5-8(10(13)7-9)3-1-2-4-11(14)15/h2,4-7H,1,3H2,(H,14,15). The zero-order chi connectivity index (χ0) is 11.3. The number of allylic oxidation sites excluding steroid dienone is 1. The highest BCUT2D eigenvalue weighted by Crippen LogP contribution is 2.16. The van der Waals surface area contributed by atoms with E-state index in [1.54, 1.807) is 12.1 Å². The number of hydrogen-bond donors (Lipinski definition) is 1. The molecule has 0 aliphatic carbocycles. The van der Waals surface area contributed by atoms with Gasteiger partial charge in [-0.15, -0.1) is 0 Å². The molecule has 0 bridgehead atoms. The summed E-state index contributed by atoms with van der Waals surface area (Å²) in [6.07, 6.45) is 3.61. The van der Waals surface area contributed by atoms with Gasteiger partial charge in [-0.1, -0.05) is 28.1 Å². The highest BCUT2D eigenvalue weighted by molar-refractivity contribution is 9.10. The van der Waals surface area contributed by atoms with Crippen LogP contribution in [0.2, 0.25) is 0 Å². The van der Waals surface area contributed by atoms with Crippen molar-refractivity contribution in [1.82, 2.24) is 0 Å². The molecule has 1 rings (SSSR count). The lowest BCUT2D eigenvalue weighted by molar-refractivity contribution is -0.131. The Balaban J connectivity index is 2.54. The van der Waals surface area contributed by atoms with E-state index in [4.69, 9.17) is 5.11 Å². The number of aryl methyl sites for hydroxylation is 1. The predicted octanol–water partition coefficient (Wildman–Crippen LogP) is 3.16. The minimum atomic E-state index is -0.980. The summed E-state index contributed by atoms with van der Waals surface area (Å²) in [7, 11) is 0. The molecule has 0 heterocycles. The maximum atomic E-state index is 13.3. The second-order valence-corrected chi connectivity index (χ2v) is 3.93. The summed E-state index contributed by atoms with van der Waals surface area (Å²) in [5.41, 5.74) is 0.591. The second kappa shape index (κ2) is 5.66. The summed E-state index contributed by atoms with van der Waals surface area (Å²) in [5, 5.41) is 8.33. The monoisotopic (exact) mass is 272 g/mol. The van der Waals surface area contributed by atoms with Crippen molar-refractivity contribution in [2.75, 3.05) is 0 Å². The first-order valence-corrected chi connectivity index (χ1v) is 5.22. The third-order valence-corrected chi connectivity index (χ3v) is 2.35. The van der Waals surface area contributed by atoms with Crippen LogP contribution in [0.25, 0.3) is 0 Å². The van der Waals surface area contributed by atoms with Crippen LogP contribution < -0.4 is 0 Å². The number of hydrogen-bond acceptors (Lipinski definition) is 1. The molecule has 0 aromatic heterocycles. The molecule has 0 fully saturated rings. The van der Waals surface area contributed by atoms with Crippen LogP contribution in [0.4, 0.5) is 4.39 Å². The van der Waals surface area contributed by atoms with Crippen LogP contribution in [0.3, 0.4) is 0 Å². The van der Waals surface area contributed by atoms with Crippen LogP contribution in [0.5, 0.6) is 0 Å². The van der Waals surface area contributed by atoms with Crippen LogP contribution >= 0.6 is 15.9 Å². The molecule has 0 saturated carbocycles. The van der Waals surface area contributed by atoms with Crippen molar-refractivity contribution >= 4 is 21.9 Å². The molecule has 0 amide bonds. The van der Waals surface area contributed by atoms with Gasteiger partial charge in [-0.05, 0) is 30.5 Å². The van der Waals surface area contributed by atoms with E-state index in [0.29, 0.717) is 22.9 Å². The fourth-order valence-electron chi connectivity index (χ4n) is 1.15. The first-order chi connectivity index (χ1) is 7.09. The zero-order valence-corrected chi connectivity index (χ0v) is 9.50. The highest BCUT2D eigenvalue weighted by Gasteiger charge is 2.01. The molecule has 0 radical (unpaired) electrons. The molecule has 15 heavy (non-hydrogen) atoms. The number of carbonyl (C=O) groups is 1. The van der Waals surface area contributed by atoms with Crippen molar-refractivity contribution in [1.29, 1.82) is 0 Å². The van der Waals surface area contributed by atoms with Crippen molar-refractivity contribution in [2.24, 2.45) is 0 Å². The summed E-state index contributed by atoms with van der Waals surface area (Å²) >= 11 is 3.17. The number of carboxylic acid groups (broad SMARTS) is 1. The van der Waals surface area contributed by atoms with E-state index in [9.17, 15) is 9.18 Å². The van der Waals surface area contributed by atoms with E-state index in [0.717, 1.165) is 6.08 Å². The van der Waals surface area contributed by atoms with Gasteiger partial charge in [0.2, 0.25) is 0 Å². The lowest BCUT2D eigenvalue weighted by atomic mass is 10.1. The van der Waals surface area contributed by atoms with Gasteiger partial charge in [-0.3, -0.25) is 0 Å². The Bertz CT molecular complexity index is 388. The molecule has 2 nitrogen and oxygen atoms in total. The van der Waals surface area contributed by atoms with E-state index in [1.807, 2.05) is 0 Å². The smallest absolute Gasteiger partial charge is 0.327 e. The van der Waals surface area contributed by atoms with Gasteiger partial charge in [-0.25, -0.2) is 9.18 Å². The summed E-state index contributed by atoms with van der Waals surface area (Å²) in [4.78, 5) is 10.2. The van der Waals surface area contributed by atoms with Crippen molar-refractivity contribution in [3.8, 4) is 0 Å². The fraction of sp³-hybridized carbons (Fsp3) is 0.182. The average Bonchev–Trinajstić information content (AvgIpc) is 2.14. The number of aliphatic carboxylic acids is 1. The molecule has 0 aliphatic heterocycles. The minimum Gasteiger partial charge on any atom is -0.478 e. The Labute approximate surface area is 95.6 Å². The van der Waals surface area contributed by atoms with Gasteiger partial charge in [0, 0.05) is 10.5 Å². The lowest BCUT2D eigenvalue weighted by Crippen LogP contribution is -1.90. The number of carboxylic acids is 1. The Hall–Kier alpha value is -1.16. The van der Waals surface area contributed by atoms with Crippen molar-refractivity contribution in [3.63, 3.8) is 0 Å². The maximum Gasteiger partial charge on any atom is 0.327 e. The molecule has 1 aromatic rings. The lowest BCUT2D eigenvalue weighted by Gasteiger charge is -2.00. The number of rotatable bonds is 4. The van der Waals surface area contributed by atoms with Gasteiger partial charge < -0.3 is 5.11 Å². The average molecular weight is 273 g/mol. The van der Waals surface area contributed by atoms with E-state index in [2.05, 4.69) is 15.9 Å². The van der Waals surface area contributed by atoms with E-state index in [-0.39, 0.29) is 5.82 Å². The van der Waals surface area contributed by atoms with Crippen LogP contribution in [0.15, 0.2) is 34.8 Å². The third kappa shape index (κ3) is 4.25. The van der Waals surface area contributed by atoms with Gasteiger partial charge in [0.05, 0.1) is 0 Å². The molecule has 0 aliphatic rings. The minimum absolute atomic E-state index is 0.270. The Kier molecular flexibility index (Phi) is 4.49. The van der Waals surface area contributed by atoms with E-state index >= 15 is 0 Å². The van der Waals surface area contributed by atoms with Crippen molar-refractivity contribution in [3.05, 3.63) is 46.2 Å². The topological polar surface area (TPSA) is 37.3 Å². The van der Waals surface area contributed by atoms with Gasteiger partial charge in [0.1, 0.15) is 5.82 Å². The normalized spacial score (nSPS) is 10.8. The fourth-order valence-corrected chi connectivity index (χ4v) is 1.48. The van der Waals surface area contributed by atoms with Gasteiger partial charge in [0.25, 0.3) is 0 Å². The van der Waals surface area contributed by atoms with Crippen LogP contribution in [0, 0.1) is 5.82 Å². The molecule has 0 spiro atoms. The van der Waals surface area contributed by atoms with Gasteiger partial charge >= 0.3 is 5.97 Å². The molecule has 80 valence electrons. The Morgan fingerprint density at radius 1 is 1.53 bits per heavy atom. The predicted molar refractivity (Wildman–Crippen MR) is 59.2 cm³/mol.